The second-order valence-corrected chi connectivity index (χ2v) is 9.36. The fourth-order valence-electron chi connectivity index (χ4n) is 3.28. The number of nitrogens with one attached hydrogen (secondary N) is 1. The van der Waals surface area contributed by atoms with E-state index < -0.39 is 23.1 Å². The number of ketones is 1. The highest BCUT2D eigenvalue weighted by Gasteiger charge is 2.31. The van der Waals surface area contributed by atoms with Gasteiger partial charge in [0.05, 0.1) is 35.7 Å². The summed E-state index contributed by atoms with van der Waals surface area (Å²) >= 11 is 6.22. The molecule has 0 unspecified atom stereocenters. The number of likely N-dealkylation sites (N-methyl/N-ethyl adjacent to an activating group) is 1. The molecular weight excluding hydrogens is 470 g/mol. The number of aliphatic imine (C=N–C) groups is 1. The first-order valence-corrected chi connectivity index (χ1v) is 11.6. The number of hydrogen-bond acceptors (Lipinski definition) is 7. The van der Waals surface area contributed by atoms with Gasteiger partial charge in [0.2, 0.25) is 0 Å². The molecule has 2 aromatic rings. The first-order valence-electron chi connectivity index (χ1n) is 11.2. The highest BCUT2D eigenvalue weighted by molar-refractivity contribution is 6.68. The van der Waals surface area contributed by atoms with E-state index in [1.165, 1.54) is 25.3 Å². The predicted octanol–water partition coefficient (Wildman–Crippen LogP) is 4.58. The van der Waals surface area contributed by atoms with Crippen LogP contribution in [0, 0.1) is 12.3 Å². The SMILES string of the molecule is CCN(CCO)c1ccc(/N=C(/C(=O)Nc2cc(C(=O)OC)ccc2Cl)C(=O)C(C)(C)C)c(C)c1. The minimum absolute atomic E-state index is 0.0247. The summed E-state index contributed by atoms with van der Waals surface area (Å²) in [5.41, 5.74) is 1.32. The molecule has 35 heavy (non-hydrogen) atoms. The summed E-state index contributed by atoms with van der Waals surface area (Å²) in [5, 5.41) is 12.1. The van der Waals surface area contributed by atoms with Gasteiger partial charge in [-0.15, -0.1) is 0 Å². The summed E-state index contributed by atoms with van der Waals surface area (Å²) in [6, 6.07) is 9.77. The van der Waals surface area contributed by atoms with Crippen molar-refractivity contribution in [3.8, 4) is 0 Å². The fourth-order valence-corrected chi connectivity index (χ4v) is 3.44. The molecule has 188 valence electrons. The number of anilines is 2. The Morgan fingerprint density at radius 3 is 2.37 bits per heavy atom. The first-order chi connectivity index (χ1) is 16.4. The van der Waals surface area contributed by atoms with Crippen LogP contribution < -0.4 is 10.2 Å². The third kappa shape index (κ3) is 7.13. The molecule has 0 saturated heterocycles. The maximum Gasteiger partial charge on any atom is 0.337 e. The molecule has 0 spiro atoms. The van der Waals surface area contributed by atoms with Crippen LogP contribution in [0.1, 0.15) is 43.6 Å². The van der Waals surface area contributed by atoms with Gasteiger partial charge < -0.3 is 20.1 Å². The molecule has 0 bridgehead atoms. The van der Waals surface area contributed by atoms with Gasteiger partial charge in [0.1, 0.15) is 0 Å². The molecule has 1 amide bonds. The maximum atomic E-state index is 13.3. The Hall–Kier alpha value is -3.23. The lowest BCUT2D eigenvalue weighted by Crippen LogP contribution is -2.37. The van der Waals surface area contributed by atoms with Crippen LogP contribution in [0.2, 0.25) is 5.02 Å². The van der Waals surface area contributed by atoms with Crippen LogP contribution in [-0.2, 0) is 14.3 Å². The van der Waals surface area contributed by atoms with Crippen molar-refractivity contribution in [1.82, 2.24) is 0 Å². The molecular formula is C26H32ClN3O5. The summed E-state index contributed by atoms with van der Waals surface area (Å²) in [6.07, 6.45) is 0. The van der Waals surface area contributed by atoms with E-state index in [4.69, 9.17) is 16.3 Å². The number of Topliss-reactive ketones (excluding diaryl/α,β-unsaturated/α-hetero) is 1. The molecule has 0 aliphatic carbocycles. The second kappa shape index (κ2) is 12.0. The van der Waals surface area contributed by atoms with Gasteiger partial charge in [-0.05, 0) is 55.8 Å². The number of aryl methyl sites for hydroxylation is 1. The van der Waals surface area contributed by atoms with Crippen molar-refractivity contribution in [1.29, 1.82) is 0 Å². The number of esters is 1. The van der Waals surface area contributed by atoms with Crippen LogP contribution in [0.25, 0.3) is 0 Å². The Balaban J connectivity index is 2.50. The number of hydrogen-bond donors (Lipinski definition) is 2. The fraction of sp³-hybridized carbons (Fsp3) is 0.385. The smallest absolute Gasteiger partial charge is 0.337 e. The van der Waals surface area contributed by atoms with Gasteiger partial charge in [-0.1, -0.05) is 32.4 Å². The van der Waals surface area contributed by atoms with Gasteiger partial charge >= 0.3 is 5.97 Å². The largest absolute Gasteiger partial charge is 0.465 e. The molecule has 0 heterocycles. The van der Waals surface area contributed by atoms with Crippen LogP contribution in [0.3, 0.4) is 0 Å². The van der Waals surface area contributed by atoms with E-state index in [9.17, 15) is 19.5 Å². The van der Waals surface area contributed by atoms with Gasteiger partial charge in [0, 0.05) is 24.2 Å². The van der Waals surface area contributed by atoms with Crippen LogP contribution in [0.5, 0.6) is 0 Å². The predicted molar refractivity (Wildman–Crippen MR) is 139 cm³/mol. The van der Waals surface area contributed by atoms with Crippen LogP contribution in [-0.4, -0.2) is 55.3 Å². The van der Waals surface area contributed by atoms with E-state index in [0.717, 1.165) is 11.3 Å². The summed E-state index contributed by atoms with van der Waals surface area (Å²) in [7, 11) is 1.25. The standard InChI is InChI=1S/C26H32ClN3O5/c1-7-30(12-13-31)18-9-11-20(16(2)14-18)28-22(23(32)26(3,4)5)24(33)29-21-15-17(25(34)35-6)8-10-19(21)27/h8-11,14-15,31H,7,12-13H2,1-6H3,(H,29,33)/b28-22+. The lowest BCUT2D eigenvalue weighted by molar-refractivity contribution is -0.121. The summed E-state index contributed by atoms with van der Waals surface area (Å²) in [5.74, 6) is -1.78. The molecule has 9 heteroatoms. The average Bonchev–Trinajstić information content (AvgIpc) is 2.81. The highest BCUT2D eigenvalue weighted by Crippen LogP contribution is 2.28. The number of rotatable bonds is 9. The number of aliphatic hydroxyl groups is 1. The normalized spacial score (nSPS) is 11.7. The van der Waals surface area contributed by atoms with Crippen molar-refractivity contribution in [2.75, 3.05) is 37.0 Å². The Labute approximate surface area is 210 Å². The van der Waals surface area contributed by atoms with E-state index in [0.29, 0.717) is 18.8 Å². The van der Waals surface area contributed by atoms with Gasteiger partial charge in [-0.2, -0.15) is 0 Å². The molecule has 0 radical (unpaired) electrons. The van der Waals surface area contributed by atoms with Crippen molar-refractivity contribution >= 4 is 52.0 Å². The third-order valence-corrected chi connectivity index (χ3v) is 5.61. The zero-order valence-corrected chi connectivity index (χ0v) is 21.7. The number of nitrogens with zero attached hydrogens (tertiary/aromatic N) is 2. The first kappa shape index (κ1) is 28.0. The highest BCUT2D eigenvalue weighted by atomic mass is 35.5. The molecule has 8 nitrogen and oxygen atoms in total. The zero-order valence-electron chi connectivity index (χ0n) is 20.9. The van der Waals surface area contributed by atoms with Gasteiger partial charge in [-0.25, -0.2) is 9.79 Å². The molecule has 2 rings (SSSR count). The van der Waals surface area contributed by atoms with E-state index in [1.54, 1.807) is 26.8 Å². The summed E-state index contributed by atoms with van der Waals surface area (Å²) in [6.45, 7) is 10.2. The van der Waals surface area contributed by atoms with Crippen LogP contribution in [0.4, 0.5) is 17.1 Å². The molecule has 2 N–H and O–H groups in total. The quantitative estimate of drug-likeness (QED) is 0.296. The Bertz CT molecular complexity index is 1140. The zero-order chi connectivity index (χ0) is 26.3. The summed E-state index contributed by atoms with van der Waals surface area (Å²) < 4.78 is 4.72. The van der Waals surface area contributed by atoms with Gasteiger partial charge in [0.15, 0.2) is 11.5 Å². The number of halogens is 1. The maximum absolute atomic E-state index is 13.3. The minimum atomic E-state index is -0.873. The lowest BCUT2D eigenvalue weighted by Gasteiger charge is -2.23. The number of amides is 1. The van der Waals surface area contributed by atoms with E-state index in [-0.39, 0.29) is 28.6 Å². The Morgan fingerprint density at radius 1 is 1.14 bits per heavy atom. The van der Waals surface area contributed by atoms with Crippen molar-refractivity contribution < 1.29 is 24.2 Å². The van der Waals surface area contributed by atoms with Gasteiger partial charge in [-0.3, -0.25) is 9.59 Å². The number of ether oxygens (including phenoxy) is 1. The summed E-state index contributed by atoms with van der Waals surface area (Å²) in [4.78, 5) is 44.8. The van der Waals surface area contributed by atoms with Crippen LogP contribution >= 0.6 is 11.6 Å². The molecule has 0 aromatic heterocycles. The number of aliphatic hydroxyl groups excluding tert-OH is 1. The molecule has 0 aliphatic rings. The van der Waals surface area contributed by atoms with Crippen LogP contribution in [0.15, 0.2) is 41.4 Å². The molecule has 0 fully saturated rings. The van der Waals surface area contributed by atoms with Crippen molar-refractivity contribution in [3.63, 3.8) is 0 Å². The number of carbonyl (C=O) groups excluding carboxylic acids is 3. The minimum Gasteiger partial charge on any atom is -0.465 e. The van der Waals surface area contributed by atoms with Gasteiger partial charge in [0.25, 0.3) is 5.91 Å². The molecule has 0 saturated carbocycles. The Morgan fingerprint density at radius 2 is 1.83 bits per heavy atom. The monoisotopic (exact) mass is 501 g/mol. The molecule has 0 aliphatic heterocycles. The van der Waals surface area contributed by atoms with Crippen molar-refractivity contribution in [2.24, 2.45) is 10.4 Å². The second-order valence-electron chi connectivity index (χ2n) is 8.95. The van der Waals surface area contributed by atoms with E-state index in [2.05, 4.69) is 10.3 Å². The average molecular weight is 502 g/mol. The third-order valence-electron chi connectivity index (χ3n) is 5.28. The topological polar surface area (TPSA) is 108 Å². The number of benzene rings is 2. The molecule has 0 atom stereocenters. The molecule has 2 aromatic carbocycles. The van der Waals surface area contributed by atoms with E-state index in [1.807, 2.05) is 30.9 Å². The van der Waals surface area contributed by atoms with E-state index >= 15 is 0 Å². The van der Waals surface area contributed by atoms with Crippen molar-refractivity contribution in [2.45, 2.75) is 34.6 Å². The Kier molecular flexibility index (Phi) is 9.56. The number of methoxy groups -OCH3 is 1. The van der Waals surface area contributed by atoms with Crippen molar-refractivity contribution in [3.05, 3.63) is 52.5 Å². The number of carbonyl (C=O) groups is 3. The lowest BCUT2D eigenvalue weighted by atomic mass is 9.87.